The van der Waals surface area contributed by atoms with Gasteiger partial charge < -0.3 is 19.2 Å². The highest BCUT2D eigenvalue weighted by molar-refractivity contribution is 5.95. The van der Waals surface area contributed by atoms with E-state index in [9.17, 15) is 9.59 Å². The number of benzene rings is 1. The summed E-state index contributed by atoms with van der Waals surface area (Å²) in [6.07, 6.45) is 1.27. The van der Waals surface area contributed by atoms with E-state index in [1.807, 2.05) is 37.4 Å². The van der Waals surface area contributed by atoms with Gasteiger partial charge in [-0.25, -0.2) is 4.79 Å². The van der Waals surface area contributed by atoms with Crippen molar-refractivity contribution in [1.29, 1.82) is 0 Å². The van der Waals surface area contributed by atoms with E-state index in [1.54, 1.807) is 23.7 Å². The van der Waals surface area contributed by atoms with Gasteiger partial charge in [-0.05, 0) is 43.7 Å². The number of aryl methyl sites for hydroxylation is 2. The van der Waals surface area contributed by atoms with E-state index in [0.29, 0.717) is 35.9 Å². The van der Waals surface area contributed by atoms with Crippen LogP contribution in [0.25, 0.3) is 0 Å². The number of nitrogens with one attached hydrogen (secondary N) is 1. The summed E-state index contributed by atoms with van der Waals surface area (Å²) in [7, 11) is 0. The van der Waals surface area contributed by atoms with Crippen LogP contribution >= 0.6 is 0 Å². The average molecular weight is 395 g/mol. The molecule has 1 N–H and O–H groups in total. The average Bonchev–Trinajstić information content (AvgIpc) is 3.12. The Morgan fingerprint density at radius 2 is 2.03 bits per heavy atom. The van der Waals surface area contributed by atoms with Crippen LogP contribution in [0.2, 0.25) is 0 Å². The third-order valence-corrected chi connectivity index (χ3v) is 4.62. The van der Waals surface area contributed by atoms with Crippen molar-refractivity contribution < 1.29 is 18.7 Å². The molecule has 1 atom stereocenters. The molecule has 0 saturated carbocycles. The summed E-state index contributed by atoms with van der Waals surface area (Å²) in [5.74, 6) is 1.08. The zero-order valence-corrected chi connectivity index (χ0v) is 16.2. The van der Waals surface area contributed by atoms with Crippen LogP contribution in [0, 0.1) is 13.8 Å². The molecule has 3 heterocycles. The van der Waals surface area contributed by atoms with E-state index >= 15 is 0 Å². The quantitative estimate of drug-likeness (QED) is 0.713. The van der Waals surface area contributed by atoms with Crippen molar-refractivity contribution in [2.45, 2.75) is 26.5 Å². The normalized spacial score (nSPS) is 15.2. The molecule has 0 fully saturated rings. The third kappa shape index (κ3) is 4.01. The van der Waals surface area contributed by atoms with Gasteiger partial charge in [0.2, 0.25) is 0 Å². The molecule has 1 aromatic carbocycles. The van der Waals surface area contributed by atoms with Crippen molar-refractivity contribution in [2.24, 2.45) is 0 Å². The number of fused-ring (bicyclic) bond motifs is 1. The molecule has 150 valence electrons. The van der Waals surface area contributed by atoms with Gasteiger partial charge in [0.25, 0.3) is 5.91 Å². The summed E-state index contributed by atoms with van der Waals surface area (Å²) < 4.78 is 18.7. The maximum atomic E-state index is 12.5. The molecule has 1 aliphatic rings. The first kappa shape index (κ1) is 18.8. The molecule has 3 aromatic rings. The molecule has 8 nitrogen and oxygen atoms in total. The topological polar surface area (TPSA) is 95.6 Å². The highest BCUT2D eigenvalue weighted by Crippen LogP contribution is 2.35. The summed E-state index contributed by atoms with van der Waals surface area (Å²) in [5, 5.41) is 6.99. The monoisotopic (exact) mass is 395 g/mol. The molecule has 0 aliphatic carbocycles. The Kier molecular flexibility index (Phi) is 5.07. The minimum Gasteiger partial charge on any atom is -0.485 e. The summed E-state index contributed by atoms with van der Waals surface area (Å²) in [6.45, 7) is 4.66. The van der Waals surface area contributed by atoms with Crippen LogP contribution in [-0.2, 0) is 6.54 Å². The molecule has 0 spiro atoms. The van der Waals surface area contributed by atoms with Crippen LogP contribution in [0.15, 0.2) is 51.8 Å². The first-order valence-corrected chi connectivity index (χ1v) is 9.32. The molecular weight excluding hydrogens is 374 g/mol. The number of carbonyl (C=O) groups excluding carboxylic acids is 1. The maximum Gasteiger partial charge on any atom is 0.349 e. The first-order chi connectivity index (χ1) is 14.0. The third-order valence-electron chi connectivity index (χ3n) is 4.62. The lowest BCUT2D eigenvalue weighted by molar-refractivity contribution is 0.0721. The number of rotatable bonds is 5. The van der Waals surface area contributed by atoms with Gasteiger partial charge in [-0.15, -0.1) is 0 Å². The van der Waals surface area contributed by atoms with E-state index in [2.05, 4.69) is 10.4 Å². The lowest BCUT2D eigenvalue weighted by Gasteiger charge is -2.25. The van der Waals surface area contributed by atoms with Crippen molar-refractivity contribution in [3.63, 3.8) is 0 Å². The molecule has 2 aromatic heterocycles. The number of ether oxygens (including phenoxy) is 2. The predicted octanol–water partition coefficient (Wildman–Crippen LogP) is 2.40. The largest absolute Gasteiger partial charge is 0.485 e. The number of nitrogens with zero attached hydrogens (tertiary/aromatic N) is 2. The molecule has 0 radical (unpaired) electrons. The van der Waals surface area contributed by atoms with Gasteiger partial charge in [0, 0.05) is 12.7 Å². The van der Waals surface area contributed by atoms with Gasteiger partial charge in [0.05, 0.1) is 12.2 Å². The number of hydrogen-bond donors (Lipinski definition) is 1. The van der Waals surface area contributed by atoms with E-state index < -0.39 is 17.6 Å². The second kappa shape index (κ2) is 7.83. The van der Waals surface area contributed by atoms with Gasteiger partial charge in [-0.3, -0.25) is 9.48 Å². The molecule has 4 rings (SSSR count). The van der Waals surface area contributed by atoms with Crippen molar-refractivity contribution in [3.05, 3.63) is 75.6 Å². The molecule has 8 heteroatoms. The fourth-order valence-corrected chi connectivity index (χ4v) is 3.18. The summed E-state index contributed by atoms with van der Waals surface area (Å²) in [6, 6.07) is 10.8. The fraction of sp³-hybridized carbons (Fsp3) is 0.286. The van der Waals surface area contributed by atoms with Crippen molar-refractivity contribution >= 4 is 5.91 Å². The van der Waals surface area contributed by atoms with Crippen LogP contribution in [-0.4, -0.2) is 28.8 Å². The van der Waals surface area contributed by atoms with Crippen molar-refractivity contribution in [3.8, 4) is 11.5 Å². The van der Waals surface area contributed by atoms with Gasteiger partial charge >= 0.3 is 5.63 Å². The zero-order valence-electron chi connectivity index (χ0n) is 16.2. The summed E-state index contributed by atoms with van der Waals surface area (Å²) >= 11 is 0. The maximum absolute atomic E-state index is 12.5. The van der Waals surface area contributed by atoms with Crippen LogP contribution in [0.5, 0.6) is 11.5 Å². The molecule has 29 heavy (non-hydrogen) atoms. The molecule has 1 unspecified atom stereocenters. The molecule has 1 aliphatic heterocycles. The van der Waals surface area contributed by atoms with Crippen molar-refractivity contribution in [2.75, 3.05) is 13.2 Å². The van der Waals surface area contributed by atoms with Crippen LogP contribution in [0.4, 0.5) is 0 Å². The predicted molar refractivity (Wildman–Crippen MR) is 104 cm³/mol. The Bertz CT molecular complexity index is 1100. The van der Waals surface area contributed by atoms with Gasteiger partial charge in [0.15, 0.2) is 23.4 Å². The number of hydrogen-bond acceptors (Lipinski definition) is 6. The lowest BCUT2D eigenvalue weighted by Crippen LogP contribution is -2.32. The molecule has 0 bridgehead atoms. The van der Waals surface area contributed by atoms with Crippen molar-refractivity contribution in [1.82, 2.24) is 15.1 Å². The Morgan fingerprint density at radius 3 is 2.76 bits per heavy atom. The minimum absolute atomic E-state index is 0.0116. The zero-order chi connectivity index (χ0) is 20.4. The number of carbonyl (C=O) groups is 1. The summed E-state index contributed by atoms with van der Waals surface area (Å²) in [5.41, 5.74) is 0.712. The lowest BCUT2D eigenvalue weighted by atomic mass is 10.1. The van der Waals surface area contributed by atoms with E-state index in [1.165, 1.54) is 0 Å². The smallest absolute Gasteiger partial charge is 0.349 e. The molecule has 0 saturated heterocycles. The van der Waals surface area contributed by atoms with Crippen LogP contribution in [0.3, 0.4) is 0 Å². The van der Waals surface area contributed by atoms with E-state index in [0.717, 1.165) is 5.69 Å². The van der Waals surface area contributed by atoms with Crippen LogP contribution < -0.4 is 20.4 Å². The SMILES string of the molecule is Cc1ccn(CCNC(=O)c2c(C)cc(C3COc4ccccc4O3)oc2=O)n1. The van der Waals surface area contributed by atoms with Gasteiger partial charge in [-0.1, -0.05) is 12.1 Å². The first-order valence-electron chi connectivity index (χ1n) is 9.32. The van der Waals surface area contributed by atoms with Gasteiger partial charge in [-0.2, -0.15) is 5.10 Å². The Hall–Kier alpha value is -3.55. The summed E-state index contributed by atoms with van der Waals surface area (Å²) in [4.78, 5) is 25.0. The second-order valence-electron chi connectivity index (χ2n) is 6.83. The standard InChI is InChI=1S/C21H21N3O5/c1-13-11-17(18-12-27-15-5-3-4-6-16(15)28-18)29-21(26)19(13)20(25)22-8-10-24-9-7-14(2)23-24/h3-7,9,11,18H,8,10,12H2,1-2H3,(H,22,25). The number of para-hydroxylation sites is 2. The van der Waals surface area contributed by atoms with Crippen LogP contribution in [0.1, 0.15) is 33.5 Å². The minimum atomic E-state index is -0.699. The number of amides is 1. The Labute approximate surface area is 167 Å². The van der Waals surface area contributed by atoms with E-state index in [4.69, 9.17) is 13.9 Å². The van der Waals surface area contributed by atoms with Gasteiger partial charge in [0.1, 0.15) is 12.2 Å². The highest BCUT2D eigenvalue weighted by Gasteiger charge is 2.26. The number of aromatic nitrogens is 2. The van der Waals surface area contributed by atoms with E-state index in [-0.39, 0.29) is 12.2 Å². The highest BCUT2D eigenvalue weighted by atomic mass is 16.6. The fourth-order valence-electron chi connectivity index (χ4n) is 3.18. The molecular formula is C21H21N3O5. The second-order valence-corrected chi connectivity index (χ2v) is 6.83. The Balaban J connectivity index is 1.46. The Morgan fingerprint density at radius 1 is 1.24 bits per heavy atom. The molecule has 1 amide bonds.